The van der Waals surface area contributed by atoms with Gasteiger partial charge in [0, 0.05) is 19.9 Å². The van der Waals surface area contributed by atoms with Gasteiger partial charge in [-0.1, -0.05) is 58.8 Å². The predicted octanol–water partition coefficient (Wildman–Crippen LogP) is 5.87. The van der Waals surface area contributed by atoms with Crippen molar-refractivity contribution in [2.45, 2.75) is 103 Å². The third kappa shape index (κ3) is 17.3. The van der Waals surface area contributed by atoms with Gasteiger partial charge >= 0.3 is 26.0 Å². The monoisotopic (exact) mass is 637 g/mol. The summed E-state index contributed by atoms with van der Waals surface area (Å²) in [6.45, 7) is 4.19. The molecule has 0 heterocycles. The molecule has 0 aromatic rings. The van der Waals surface area contributed by atoms with Crippen molar-refractivity contribution >= 4 is 32.0 Å². The maximum atomic E-state index is 13.5. The first-order valence-corrected chi connectivity index (χ1v) is 16.9. The summed E-state index contributed by atoms with van der Waals surface area (Å²) >= 11 is 0. The van der Waals surface area contributed by atoms with Gasteiger partial charge in [-0.3, -0.25) is 9.05 Å². The highest BCUT2D eigenvalue weighted by atomic mass is 31.2. The molecule has 43 heavy (non-hydrogen) atoms. The molecular formula is C28H52N3O11P. The number of aliphatic carboxylic acids is 1. The van der Waals surface area contributed by atoms with Crippen molar-refractivity contribution in [1.82, 2.24) is 4.90 Å². The minimum absolute atomic E-state index is 0.0529. The summed E-state index contributed by atoms with van der Waals surface area (Å²) in [5.74, 6) is -1.49. The average Bonchev–Trinajstić information content (AvgIpc) is 2.97. The molecule has 0 spiro atoms. The number of carboxylic acid groups (broad SMARTS) is 1. The molecule has 0 amide bonds. The fraction of sp³-hybridized carbons (Fsp3) is 0.857. The lowest BCUT2D eigenvalue weighted by atomic mass is 9.83. The second kappa shape index (κ2) is 22.9. The molecule has 250 valence electrons. The number of carboxylic acids is 1. The van der Waals surface area contributed by atoms with E-state index in [1.54, 1.807) is 0 Å². The van der Waals surface area contributed by atoms with E-state index < -0.39 is 32.1 Å². The van der Waals surface area contributed by atoms with E-state index in [0.29, 0.717) is 0 Å². The van der Waals surface area contributed by atoms with E-state index in [-0.39, 0.29) is 64.4 Å². The van der Waals surface area contributed by atoms with Crippen molar-refractivity contribution in [2.75, 3.05) is 46.7 Å². The lowest BCUT2D eigenvalue weighted by molar-refractivity contribution is -0.143. The van der Waals surface area contributed by atoms with Gasteiger partial charge in [-0.05, 0) is 31.6 Å². The molecule has 1 rings (SSSR count). The summed E-state index contributed by atoms with van der Waals surface area (Å²) in [4.78, 5) is 36.7. The lowest BCUT2D eigenvalue weighted by Crippen LogP contribution is -2.50. The first-order valence-electron chi connectivity index (χ1n) is 15.4. The Kier molecular flexibility index (Phi) is 20.5. The first kappa shape index (κ1) is 38.5. The summed E-state index contributed by atoms with van der Waals surface area (Å²) in [5, 5.41) is 9.91. The van der Waals surface area contributed by atoms with Gasteiger partial charge < -0.3 is 34.7 Å². The molecule has 1 aliphatic rings. The molecule has 0 saturated heterocycles. The zero-order valence-electron chi connectivity index (χ0n) is 26.0. The highest BCUT2D eigenvalue weighted by Gasteiger charge is 2.35. The zero-order chi connectivity index (χ0) is 31.9. The number of carbonyl (C=O) groups excluding carboxylic acids is 2. The van der Waals surface area contributed by atoms with Crippen LogP contribution in [0.3, 0.4) is 0 Å². The van der Waals surface area contributed by atoms with Gasteiger partial charge in [0.15, 0.2) is 0 Å². The van der Waals surface area contributed by atoms with Crippen LogP contribution in [0.15, 0.2) is 4.76 Å². The Bertz CT molecular complexity index is 846. The third-order valence-electron chi connectivity index (χ3n) is 6.81. The molecule has 0 radical (unpaired) electrons. The molecule has 0 aromatic carbocycles. The van der Waals surface area contributed by atoms with Crippen LogP contribution >= 0.6 is 7.75 Å². The van der Waals surface area contributed by atoms with Gasteiger partial charge in [-0.25, -0.2) is 18.9 Å². The van der Waals surface area contributed by atoms with Crippen LogP contribution in [0.5, 0.6) is 0 Å². The summed E-state index contributed by atoms with van der Waals surface area (Å²) < 4.78 is 48.4. The molecule has 15 heteroatoms. The van der Waals surface area contributed by atoms with Crippen molar-refractivity contribution < 1.29 is 52.1 Å². The maximum Gasteiger partial charge on any atom is 0.508 e. The third-order valence-corrected chi connectivity index (χ3v) is 8.28. The highest BCUT2D eigenvalue weighted by Crippen LogP contribution is 2.50. The van der Waals surface area contributed by atoms with Gasteiger partial charge in [-0.2, -0.15) is 0 Å². The van der Waals surface area contributed by atoms with Gasteiger partial charge in [-0.15, -0.1) is 4.76 Å². The van der Waals surface area contributed by atoms with Crippen LogP contribution in [-0.2, 0) is 37.4 Å². The van der Waals surface area contributed by atoms with Gasteiger partial charge in [0.05, 0.1) is 39.6 Å². The summed E-state index contributed by atoms with van der Waals surface area (Å²) in [6.07, 6.45) is 8.47. The maximum absolute atomic E-state index is 13.5. The fourth-order valence-corrected chi connectivity index (χ4v) is 5.76. The Hall–Kier alpha value is -2.57. The number of rotatable bonds is 22. The number of ether oxygens (including phenoxy) is 4. The number of unbranched alkanes of at least 4 members (excludes halogenated alkanes) is 4. The van der Waals surface area contributed by atoms with Crippen molar-refractivity contribution in [3.8, 4) is 0 Å². The molecule has 1 atom stereocenters. The van der Waals surface area contributed by atoms with E-state index >= 15 is 0 Å². The van der Waals surface area contributed by atoms with E-state index in [2.05, 4.69) is 4.76 Å². The molecule has 1 saturated carbocycles. The number of guanidine groups is 1. The van der Waals surface area contributed by atoms with Crippen LogP contribution in [0.4, 0.5) is 9.59 Å². The number of hydrogen-bond donors (Lipinski definition) is 2. The second-order valence-corrected chi connectivity index (χ2v) is 12.1. The number of likely N-dealkylation sites (N-methyl/N-ethyl adjacent to an activating group) is 1. The number of hydrogen-bond acceptors (Lipinski definition) is 10. The predicted molar refractivity (Wildman–Crippen MR) is 160 cm³/mol. The molecule has 1 fully saturated rings. The van der Waals surface area contributed by atoms with Crippen LogP contribution in [-0.4, -0.2) is 87.0 Å². The van der Waals surface area contributed by atoms with Gasteiger partial charge in [0.1, 0.15) is 6.04 Å². The summed E-state index contributed by atoms with van der Waals surface area (Å²) in [6, 6.07) is -0.953. The van der Waals surface area contributed by atoms with E-state index in [4.69, 9.17) is 33.7 Å². The standard InChI is InChI=1S/C28H52N3O11P/c1-4-6-11-17-37-27(34)39-19-13-21-41-43(36,42-22-14-20-40-28(35)38-18-12-7-5-2)30-26(29)31(3)24(25(32)33)23-15-9-8-10-16-23/h23-24H,4-22H2,1-3H3,(H,32,33)(H2,29,30,36). The molecule has 0 aromatic heterocycles. The molecule has 3 N–H and O–H groups in total. The Labute approximate surface area is 255 Å². The van der Waals surface area contributed by atoms with Crippen LogP contribution < -0.4 is 5.73 Å². The largest absolute Gasteiger partial charge is 0.508 e. The minimum Gasteiger partial charge on any atom is -0.480 e. The fourth-order valence-electron chi connectivity index (χ4n) is 4.45. The smallest absolute Gasteiger partial charge is 0.480 e. The van der Waals surface area contributed by atoms with E-state index in [9.17, 15) is 24.1 Å². The molecule has 0 bridgehead atoms. The quantitative estimate of drug-likeness (QED) is 0.0472. The van der Waals surface area contributed by atoms with Crippen LogP contribution in [0.25, 0.3) is 0 Å². The van der Waals surface area contributed by atoms with Crippen LogP contribution in [0.1, 0.15) is 97.3 Å². The normalized spacial score (nSPS) is 15.0. The van der Waals surface area contributed by atoms with Crippen LogP contribution in [0.2, 0.25) is 0 Å². The van der Waals surface area contributed by atoms with E-state index in [1.165, 1.54) is 11.9 Å². The molecule has 1 unspecified atom stereocenters. The van der Waals surface area contributed by atoms with Crippen molar-refractivity contribution in [3.05, 3.63) is 0 Å². The van der Waals surface area contributed by atoms with Crippen molar-refractivity contribution in [3.63, 3.8) is 0 Å². The Morgan fingerprint density at radius 1 is 0.791 bits per heavy atom. The molecular weight excluding hydrogens is 585 g/mol. The number of nitrogens with zero attached hydrogens (tertiary/aromatic N) is 2. The van der Waals surface area contributed by atoms with Gasteiger partial charge in [0.2, 0.25) is 5.96 Å². The van der Waals surface area contributed by atoms with Crippen molar-refractivity contribution in [2.24, 2.45) is 16.4 Å². The Morgan fingerprint density at radius 2 is 1.23 bits per heavy atom. The Morgan fingerprint density at radius 3 is 1.65 bits per heavy atom. The SMILES string of the molecule is CCCCCOC(=O)OCCCOP(=O)(N=C(N)N(C)C(C(=O)O)C1CCCCC1)OCCCOC(=O)OCCCCC. The number of nitrogens with two attached hydrogens (primary N) is 1. The zero-order valence-corrected chi connectivity index (χ0v) is 26.9. The topological polar surface area (TPSA) is 186 Å². The molecule has 0 aliphatic heterocycles. The molecule has 14 nitrogen and oxygen atoms in total. The minimum atomic E-state index is -4.23. The molecule has 1 aliphatic carbocycles. The summed E-state index contributed by atoms with van der Waals surface area (Å²) in [5.41, 5.74) is 6.13. The van der Waals surface area contributed by atoms with E-state index in [1.807, 2.05) is 13.8 Å². The lowest BCUT2D eigenvalue weighted by Gasteiger charge is -2.34. The van der Waals surface area contributed by atoms with Crippen LogP contribution in [0, 0.1) is 5.92 Å². The average molecular weight is 638 g/mol. The highest BCUT2D eigenvalue weighted by molar-refractivity contribution is 7.52. The van der Waals surface area contributed by atoms with Crippen molar-refractivity contribution in [1.29, 1.82) is 0 Å². The second-order valence-electron chi connectivity index (χ2n) is 10.4. The van der Waals surface area contributed by atoms with E-state index in [0.717, 1.165) is 70.6 Å². The Balaban J connectivity index is 2.73. The number of carbonyl (C=O) groups is 3. The van der Waals surface area contributed by atoms with Gasteiger partial charge in [0.25, 0.3) is 0 Å². The first-order chi connectivity index (χ1) is 20.6. The summed E-state index contributed by atoms with van der Waals surface area (Å²) in [7, 11) is -2.75.